The van der Waals surface area contributed by atoms with Crippen molar-refractivity contribution >= 4 is 34.2 Å². The number of nitrogens with zero attached hydrogens (tertiary/aromatic N) is 2. The molecule has 40 heavy (non-hydrogen) atoms. The third-order valence-corrected chi connectivity index (χ3v) is 7.05. The number of aliphatic imine (C=N–C) groups is 1. The molecular weight excluding hydrogens is 508 g/mol. The zero-order chi connectivity index (χ0) is 28.1. The van der Waals surface area contributed by atoms with Crippen LogP contribution in [0, 0.1) is 6.92 Å². The Balaban J connectivity index is 1.38. The highest BCUT2D eigenvalue weighted by molar-refractivity contribution is 6.22. The Labute approximate surface area is 232 Å². The van der Waals surface area contributed by atoms with Crippen molar-refractivity contribution < 1.29 is 24.5 Å². The van der Waals surface area contributed by atoms with Crippen molar-refractivity contribution in [1.29, 1.82) is 0 Å². The first kappa shape index (κ1) is 27.1. The van der Waals surface area contributed by atoms with E-state index < -0.39 is 5.97 Å². The summed E-state index contributed by atoms with van der Waals surface area (Å²) in [5.41, 5.74) is 4.16. The SMILES string of the molecule is Cc1cc2c(C(=Nc3ccc(C(=O)NCCCN4CCOCC4)cc3)c3ccccc3)c(O)[nH]c2cc1C(=O)O. The fourth-order valence-electron chi connectivity index (χ4n) is 4.91. The van der Waals surface area contributed by atoms with Crippen LogP contribution in [0.5, 0.6) is 5.88 Å². The van der Waals surface area contributed by atoms with Crippen molar-refractivity contribution in [3.05, 3.63) is 94.5 Å². The van der Waals surface area contributed by atoms with E-state index in [1.165, 1.54) is 6.07 Å². The highest BCUT2D eigenvalue weighted by atomic mass is 16.5. The number of carbonyl (C=O) groups excluding carboxylic acids is 1. The molecule has 206 valence electrons. The van der Waals surface area contributed by atoms with Crippen LogP contribution in [0.3, 0.4) is 0 Å². The minimum absolute atomic E-state index is 0.104. The molecule has 0 bridgehead atoms. The summed E-state index contributed by atoms with van der Waals surface area (Å²) in [6, 6.07) is 19.7. The number of aromatic nitrogens is 1. The summed E-state index contributed by atoms with van der Waals surface area (Å²) in [7, 11) is 0. The molecule has 9 nitrogen and oxygen atoms in total. The molecule has 0 unspecified atom stereocenters. The number of nitrogens with one attached hydrogen (secondary N) is 2. The monoisotopic (exact) mass is 540 g/mol. The molecule has 5 rings (SSSR count). The second-order valence-corrected chi connectivity index (χ2v) is 9.80. The summed E-state index contributed by atoms with van der Waals surface area (Å²) in [5.74, 6) is -1.28. The Hall–Kier alpha value is -4.47. The van der Waals surface area contributed by atoms with Crippen LogP contribution in [0.1, 0.15) is 43.8 Å². The number of aromatic amines is 1. The molecule has 9 heteroatoms. The van der Waals surface area contributed by atoms with Crippen molar-refractivity contribution in [2.45, 2.75) is 13.3 Å². The van der Waals surface area contributed by atoms with Gasteiger partial charge >= 0.3 is 5.97 Å². The van der Waals surface area contributed by atoms with Gasteiger partial charge in [-0.1, -0.05) is 30.3 Å². The average molecular weight is 541 g/mol. The van der Waals surface area contributed by atoms with E-state index in [9.17, 15) is 19.8 Å². The minimum atomic E-state index is -1.03. The summed E-state index contributed by atoms with van der Waals surface area (Å²) in [4.78, 5) is 34.4. The van der Waals surface area contributed by atoms with Crippen LogP contribution in [0.4, 0.5) is 5.69 Å². The maximum Gasteiger partial charge on any atom is 0.336 e. The summed E-state index contributed by atoms with van der Waals surface area (Å²) >= 11 is 0. The molecule has 3 aromatic carbocycles. The maximum atomic E-state index is 12.7. The van der Waals surface area contributed by atoms with Gasteiger partial charge in [-0.15, -0.1) is 0 Å². The number of aryl methyl sites for hydroxylation is 1. The molecule has 1 amide bonds. The van der Waals surface area contributed by atoms with E-state index >= 15 is 0 Å². The molecule has 1 aliphatic heterocycles. The van der Waals surface area contributed by atoms with Crippen molar-refractivity contribution in [3.63, 3.8) is 0 Å². The Bertz CT molecular complexity index is 1540. The van der Waals surface area contributed by atoms with Gasteiger partial charge < -0.3 is 25.3 Å². The number of ether oxygens (including phenoxy) is 1. The lowest BCUT2D eigenvalue weighted by molar-refractivity contribution is 0.0374. The molecule has 1 aromatic heterocycles. The number of benzene rings is 3. The van der Waals surface area contributed by atoms with E-state index in [1.807, 2.05) is 30.3 Å². The van der Waals surface area contributed by atoms with Crippen molar-refractivity contribution in [2.24, 2.45) is 4.99 Å². The van der Waals surface area contributed by atoms with Crippen LogP contribution in [-0.4, -0.2) is 77.1 Å². The number of amides is 1. The minimum Gasteiger partial charge on any atom is -0.494 e. The van der Waals surface area contributed by atoms with Gasteiger partial charge in [0.15, 0.2) is 5.88 Å². The Kier molecular flexibility index (Phi) is 8.23. The number of hydrogen-bond donors (Lipinski definition) is 4. The third kappa shape index (κ3) is 6.06. The van der Waals surface area contributed by atoms with E-state index in [0.717, 1.165) is 44.8 Å². The molecular formula is C31H32N4O5. The number of rotatable bonds is 9. The highest BCUT2D eigenvalue weighted by Gasteiger charge is 2.21. The van der Waals surface area contributed by atoms with Gasteiger partial charge in [0.2, 0.25) is 0 Å². The van der Waals surface area contributed by atoms with Crippen LogP contribution in [-0.2, 0) is 4.74 Å². The molecule has 4 N–H and O–H groups in total. The van der Waals surface area contributed by atoms with Gasteiger partial charge in [-0.2, -0.15) is 0 Å². The lowest BCUT2D eigenvalue weighted by Gasteiger charge is -2.26. The standard InChI is InChI=1S/C31H32N4O5/c1-20-18-25-26(19-24(20)31(38)39)34-30(37)27(25)28(21-6-3-2-4-7-21)33-23-10-8-22(9-11-23)29(36)32-12-5-13-35-14-16-40-17-15-35/h2-4,6-11,18-19,34,37H,5,12-17H2,1H3,(H,32,36)(H,38,39). The summed E-state index contributed by atoms with van der Waals surface area (Å²) in [5, 5.41) is 24.1. The van der Waals surface area contributed by atoms with Crippen LogP contribution >= 0.6 is 0 Å². The predicted octanol–water partition coefficient (Wildman–Crippen LogP) is 4.50. The maximum absolute atomic E-state index is 12.7. The number of morpholine rings is 1. The Morgan fingerprint density at radius 1 is 1.02 bits per heavy atom. The molecule has 0 atom stereocenters. The number of carbonyl (C=O) groups is 2. The zero-order valence-electron chi connectivity index (χ0n) is 22.3. The molecule has 1 aliphatic rings. The number of H-pyrrole nitrogens is 1. The number of carboxylic acid groups (broad SMARTS) is 1. The highest BCUT2D eigenvalue weighted by Crippen LogP contribution is 2.33. The first-order valence-electron chi connectivity index (χ1n) is 13.3. The normalized spacial score (nSPS) is 14.4. The quantitative estimate of drug-likeness (QED) is 0.183. The lowest BCUT2D eigenvalue weighted by atomic mass is 9.98. The zero-order valence-corrected chi connectivity index (χ0v) is 22.3. The average Bonchev–Trinajstić information content (AvgIpc) is 3.28. The number of aromatic carboxylic acids is 1. The van der Waals surface area contributed by atoms with Crippen LogP contribution in [0.15, 0.2) is 71.7 Å². The molecule has 2 heterocycles. The van der Waals surface area contributed by atoms with E-state index in [1.54, 1.807) is 37.3 Å². The molecule has 4 aromatic rings. The number of carboxylic acids is 1. The predicted molar refractivity (Wildman–Crippen MR) is 154 cm³/mol. The van der Waals surface area contributed by atoms with Crippen molar-refractivity contribution in [1.82, 2.24) is 15.2 Å². The van der Waals surface area contributed by atoms with Gasteiger partial charge in [-0.3, -0.25) is 9.69 Å². The van der Waals surface area contributed by atoms with Crippen LogP contribution in [0.25, 0.3) is 10.9 Å². The second kappa shape index (κ2) is 12.1. The Morgan fingerprint density at radius 2 is 1.75 bits per heavy atom. The van der Waals surface area contributed by atoms with Gasteiger partial charge in [-0.05, 0) is 61.9 Å². The first-order chi connectivity index (χ1) is 19.4. The molecule has 1 fully saturated rings. The third-order valence-electron chi connectivity index (χ3n) is 7.05. The number of hydrogen-bond acceptors (Lipinski definition) is 6. The lowest BCUT2D eigenvalue weighted by Crippen LogP contribution is -2.38. The number of fused-ring (bicyclic) bond motifs is 1. The largest absolute Gasteiger partial charge is 0.494 e. The molecule has 1 saturated heterocycles. The first-order valence-corrected chi connectivity index (χ1v) is 13.3. The van der Waals surface area contributed by atoms with Crippen molar-refractivity contribution in [3.8, 4) is 5.88 Å². The summed E-state index contributed by atoms with van der Waals surface area (Å²) in [6.45, 7) is 6.63. The molecule has 0 radical (unpaired) electrons. The van der Waals surface area contributed by atoms with E-state index in [0.29, 0.717) is 45.5 Å². The van der Waals surface area contributed by atoms with Gasteiger partial charge in [0.05, 0.1) is 35.7 Å². The Morgan fingerprint density at radius 3 is 2.45 bits per heavy atom. The van der Waals surface area contributed by atoms with E-state index in [-0.39, 0.29) is 17.4 Å². The van der Waals surface area contributed by atoms with Gasteiger partial charge in [0.1, 0.15) is 0 Å². The van der Waals surface area contributed by atoms with E-state index in [4.69, 9.17) is 9.73 Å². The smallest absolute Gasteiger partial charge is 0.336 e. The fourth-order valence-corrected chi connectivity index (χ4v) is 4.91. The molecule has 0 aliphatic carbocycles. The molecule has 0 saturated carbocycles. The van der Waals surface area contributed by atoms with E-state index in [2.05, 4.69) is 15.2 Å². The molecule has 0 spiro atoms. The fraction of sp³-hybridized carbons (Fsp3) is 0.258. The van der Waals surface area contributed by atoms with Gasteiger partial charge in [0.25, 0.3) is 5.91 Å². The summed E-state index contributed by atoms with van der Waals surface area (Å²) in [6.07, 6.45) is 0.871. The van der Waals surface area contributed by atoms with Crippen LogP contribution < -0.4 is 5.32 Å². The van der Waals surface area contributed by atoms with Gasteiger partial charge in [0, 0.05) is 41.7 Å². The summed E-state index contributed by atoms with van der Waals surface area (Å²) < 4.78 is 5.37. The topological polar surface area (TPSA) is 127 Å². The second-order valence-electron chi connectivity index (χ2n) is 9.80. The van der Waals surface area contributed by atoms with Crippen molar-refractivity contribution in [2.75, 3.05) is 39.4 Å². The van der Waals surface area contributed by atoms with Crippen LogP contribution in [0.2, 0.25) is 0 Å². The number of aromatic hydroxyl groups is 1. The van der Waals surface area contributed by atoms with Gasteiger partial charge in [-0.25, -0.2) is 9.79 Å².